The van der Waals surface area contributed by atoms with Gasteiger partial charge in [0.1, 0.15) is 5.75 Å². The molecule has 2 aromatic rings. The molecule has 0 unspecified atom stereocenters. The molecule has 1 fully saturated rings. The highest BCUT2D eigenvalue weighted by Gasteiger charge is 2.20. The topological polar surface area (TPSA) is 67.6 Å². The van der Waals surface area contributed by atoms with Crippen molar-refractivity contribution in [1.29, 1.82) is 0 Å². The van der Waals surface area contributed by atoms with Crippen LogP contribution in [0.15, 0.2) is 53.4 Å². The number of nitrogens with one attached hydrogen (secondary N) is 1. The molecule has 108 valence electrons. The fourth-order valence-corrected chi connectivity index (χ4v) is 2.61. The summed E-state index contributed by atoms with van der Waals surface area (Å²) in [5.74, 6) is 0.711. The van der Waals surface area contributed by atoms with E-state index >= 15 is 0 Å². The standard InChI is InChI=1S/C15H15N3O2S/c16-11-2-1-3-13(10-11)20-21-14-6-4-12(5-7-14)18-9-8-17-15(18)19/h1-7,10H,8-9,16H2,(H,17,19). The van der Waals surface area contributed by atoms with E-state index in [9.17, 15) is 4.79 Å². The molecule has 0 aromatic heterocycles. The van der Waals surface area contributed by atoms with Crippen LogP contribution >= 0.6 is 12.0 Å². The van der Waals surface area contributed by atoms with E-state index in [0.717, 1.165) is 10.6 Å². The van der Waals surface area contributed by atoms with Gasteiger partial charge in [-0.05, 0) is 36.4 Å². The Hall–Kier alpha value is -2.34. The van der Waals surface area contributed by atoms with Gasteiger partial charge in [-0.3, -0.25) is 4.90 Å². The van der Waals surface area contributed by atoms with Crippen molar-refractivity contribution in [3.05, 3.63) is 48.5 Å². The van der Waals surface area contributed by atoms with Crippen LogP contribution in [-0.2, 0) is 0 Å². The molecule has 0 aliphatic carbocycles. The highest BCUT2D eigenvalue weighted by atomic mass is 32.2. The van der Waals surface area contributed by atoms with E-state index in [1.807, 2.05) is 42.5 Å². The molecule has 1 aliphatic heterocycles. The van der Waals surface area contributed by atoms with Crippen molar-refractivity contribution >= 4 is 29.4 Å². The number of nitrogen functional groups attached to an aromatic ring is 1. The van der Waals surface area contributed by atoms with Gasteiger partial charge >= 0.3 is 6.03 Å². The summed E-state index contributed by atoms with van der Waals surface area (Å²) in [7, 11) is 0. The number of hydrogen-bond acceptors (Lipinski definition) is 4. The highest BCUT2D eigenvalue weighted by Crippen LogP contribution is 2.27. The van der Waals surface area contributed by atoms with Crippen molar-refractivity contribution in [3.63, 3.8) is 0 Å². The van der Waals surface area contributed by atoms with E-state index < -0.39 is 0 Å². The van der Waals surface area contributed by atoms with Gasteiger partial charge in [0.2, 0.25) is 0 Å². The zero-order valence-corrected chi connectivity index (χ0v) is 12.1. The fraction of sp³-hybridized carbons (Fsp3) is 0.133. The van der Waals surface area contributed by atoms with E-state index in [-0.39, 0.29) is 6.03 Å². The van der Waals surface area contributed by atoms with Crippen molar-refractivity contribution in [2.75, 3.05) is 23.7 Å². The lowest BCUT2D eigenvalue weighted by Crippen LogP contribution is -2.27. The average molecular weight is 301 g/mol. The molecule has 3 rings (SSSR count). The molecule has 5 nitrogen and oxygen atoms in total. The second-order valence-corrected chi connectivity index (χ2v) is 5.42. The average Bonchev–Trinajstić information content (AvgIpc) is 2.92. The van der Waals surface area contributed by atoms with Gasteiger partial charge in [-0.1, -0.05) is 6.07 Å². The molecule has 0 radical (unpaired) electrons. The lowest BCUT2D eigenvalue weighted by molar-refractivity contribution is 0.252. The predicted octanol–water partition coefficient (Wildman–Crippen LogP) is 2.88. The maximum Gasteiger partial charge on any atom is 0.321 e. The number of hydrogen-bond donors (Lipinski definition) is 2. The van der Waals surface area contributed by atoms with Crippen LogP contribution in [0.4, 0.5) is 16.2 Å². The number of carbonyl (C=O) groups excluding carboxylic acids is 1. The number of anilines is 2. The summed E-state index contributed by atoms with van der Waals surface area (Å²) in [5, 5.41) is 2.78. The summed E-state index contributed by atoms with van der Waals surface area (Å²) in [6, 6.07) is 14.9. The molecule has 2 amide bonds. The first-order valence-electron chi connectivity index (χ1n) is 6.58. The molecule has 1 heterocycles. The Morgan fingerprint density at radius 2 is 2.00 bits per heavy atom. The van der Waals surface area contributed by atoms with Crippen LogP contribution in [0, 0.1) is 0 Å². The number of rotatable bonds is 4. The van der Waals surface area contributed by atoms with E-state index in [0.29, 0.717) is 24.5 Å². The largest absolute Gasteiger partial charge is 0.421 e. The molecule has 0 spiro atoms. The van der Waals surface area contributed by atoms with E-state index in [2.05, 4.69) is 5.32 Å². The normalized spacial score (nSPS) is 14.1. The molecule has 1 aliphatic rings. The predicted molar refractivity (Wildman–Crippen MR) is 84.5 cm³/mol. The lowest BCUT2D eigenvalue weighted by Gasteiger charge is -2.14. The van der Waals surface area contributed by atoms with Crippen molar-refractivity contribution in [2.45, 2.75) is 4.90 Å². The van der Waals surface area contributed by atoms with Gasteiger partial charge in [0.15, 0.2) is 0 Å². The van der Waals surface area contributed by atoms with Crippen LogP contribution in [0.25, 0.3) is 0 Å². The van der Waals surface area contributed by atoms with Gasteiger partial charge in [-0.15, -0.1) is 0 Å². The summed E-state index contributed by atoms with van der Waals surface area (Å²) >= 11 is 1.26. The molecule has 0 saturated carbocycles. The number of carbonyl (C=O) groups is 1. The number of nitrogens with zero attached hydrogens (tertiary/aromatic N) is 1. The zero-order valence-electron chi connectivity index (χ0n) is 11.3. The summed E-state index contributed by atoms with van der Waals surface area (Å²) in [6.07, 6.45) is 0. The Morgan fingerprint density at radius 1 is 1.19 bits per heavy atom. The Labute approximate surface area is 127 Å². The maximum atomic E-state index is 11.6. The Bertz CT molecular complexity index is 646. The first-order chi connectivity index (χ1) is 10.2. The molecule has 21 heavy (non-hydrogen) atoms. The smallest absolute Gasteiger partial charge is 0.321 e. The van der Waals surface area contributed by atoms with Crippen molar-refractivity contribution in [1.82, 2.24) is 5.32 Å². The molecular weight excluding hydrogens is 286 g/mol. The van der Waals surface area contributed by atoms with Crippen molar-refractivity contribution < 1.29 is 8.98 Å². The van der Waals surface area contributed by atoms with Crippen molar-refractivity contribution in [2.24, 2.45) is 0 Å². The summed E-state index contributed by atoms with van der Waals surface area (Å²) in [4.78, 5) is 14.2. The second-order valence-electron chi connectivity index (χ2n) is 4.62. The van der Waals surface area contributed by atoms with E-state index in [1.165, 1.54) is 12.0 Å². The lowest BCUT2D eigenvalue weighted by atomic mass is 10.3. The molecule has 6 heteroatoms. The summed E-state index contributed by atoms with van der Waals surface area (Å²) in [6.45, 7) is 1.39. The first-order valence-corrected chi connectivity index (χ1v) is 7.32. The molecule has 1 saturated heterocycles. The van der Waals surface area contributed by atoms with Crippen LogP contribution in [0.1, 0.15) is 0 Å². The van der Waals surface area contributed by atoms with Crippen LogP contribution in [0.3, 0.4) is 0 Å². The Morgan fingerprint density at radius 3 is 2.67 bits per heavy atom. The minimum absolute atomic E-state index is 0.0496. The number of amides is 2. The van der Waals surface area contributed by atoms with Gasteiger partial charge in [0, 0.05) is 35.4 Å². The van der Waals surface area contributed by atoms with Crippen LogP contribution in [0.5, 0.6) is 5.75 Å². The van der Waals surface area contributed by atoms with Gasteiger partial charge in [-0.25, -0.2) is 4.79 Å². The molecule has 0 bridgehead atoms. The minimum Gasteiger partial charge on any atom is -0.421 e. The van der Waals surface area contributed by atoms with E-state index in [4.69, 9.17) is 9.92 Å². The summed E-state index contributed by atoms with van der Waals surface area (Å²) < 4.78 is 5.60. The van der Waals surface area contributed by atoms with Gasteiger partial charge in [0.05, 0.1) is 12.0 Å². The van der Waals surface area contributed by atoms with Gasteiger partial charge < -0.3 is 15.2 Å². The quantitative estimate of drug-likeness (QED) is 0.673. The van der Waals surface area contributed by atoms with Crippen LogP contribution in [-0.4, -0.2) is 19.1 Å². The maximum absolute atomic E-state index is 11.6. The number of urea groups is 1. The molecular formula is C15H15N3O2S. The molecule has 0 atom stereocenters. The first kappa shape index (κ1) is 13.6. The molecule has 2 aromatic carbocycles. The zero-order chi connectivity index (χ0) is 14.7. The number of nitrogens with two attached hydrogens (primary N) is 1. The summed E-state index contributed by atoms with van der Waals surface area (Å²) in [5.41, 5.74) is 7.25. The highest BCUT2D eigenvalue weighted by molar-refractivity contribution is 7.95. The van der Waals surface area contributed by atoms with Gasteiger partial charge in [0.25, 0.3) is 0 Å². The monoisotopic (exact) mass is 301 g/mol. The van der Waals surface area contributed by atoms with Gasteiger partial charge in [-0.2, -0.15) is 0 Å². The third-order valence-corrected chi connectivity index (χ3v) is 3.84. The minimum atomic E-state index is -0.0496. The number of benzene rings is 2. The van der Waals surface area contributed by atoms with Crippen LogP contribution < -0.4 is 20.1 Å². The van der Waals surface area contributed by atoms with Crippen molar-refractivity contribution in [3.8, 4) is 5.75 Å². The van der Waals surface area contributed by atoms with Crippen LogP contribution in [0.2, 0.25) is 0 Å². The molecule has 3 N–H and O–H groups in total. The fourth-order valence-electron chi connectivity index (χ4n) is 2.06. The SMILES string of the molecule is Nc1cccc(OSc2ccc(N3CCNC3=O)cc2)c1. The Kier molecular flexibility index (Phi) is 3.87. The Balaban J connectivity index is 1.63. The van der Waals surface area contributed by atoms with E-state index in [1.54, 1.807) is 11.0 Å². The second kappa shape index (κ2) is 5.97. The third kappa shape index (κ3) is 3.22. The third-order valence-electron chi connectivity index (χ3n) is 3.10.